The van der Waals surface area contributed by atoms with Crippen LogP contribution in [0.4, 0.5) is 11.4 Å². The van der Waals surface area contributed by atoms with Crippen molar-refractivity contribution in [3.8, 4) is 11.5 Å². The summed E-state index contributed by atoms with van der Waals surface area (Å²) < 4.78 is 10.8. The molecule has 0 saturated heterocycles. The summed E-state index contributed by atoms with van der Waals surface area (Å²) in [6.07, 6.45) is 0. The highest BCUT2D eigenvalue weighted by molar-refractivity contribution is 7.20. The van der Waals surface area contributed by atoms with Gasteiger partial charge in [-0.15, -0.1) is 22.7 Å². The van der Waals surface area contributed by atoms with Crippen molar-refractivity contribution in [2.75, 3.05) is 20.9 Å². The number of thiazole rings is 2. The zero-order chi connectivity index (χ0) is 25.3. The van der Waals surface area contributed by atoms with E-state index in [0.29, 0.717) is 9.40 Å². The predicted molar refractivity (Wildman–Crippen MR) is 132 cm³/mol. The van der Waals surface area contributed by atoms with E-state index in [9.17, 15) is 29.8 Å². The Labute approximate surface area is 210 Å². The Morgan fingerprint density at radius 2 is 1.22 bits per heavy atom. The topological polar surface area (TPSA) is 189 Å². The highest BCUT2D eigenvalue weighted by Crippen LogP contribution is 2.38. The number of methoxy groups -OCH3 is 2. The highest BCUT2D eigenvalue weighted by atomic mass is 32.1. The van der Waals surface area contributed by atoms with Gasteiger partial charge in [0, 0.05) is 0 Å². The van der Waals surface area contributed by atoms with Crippen LogP contribution in [0, 0.1) is 20.2 Å². The van der Waals surface area contributed by atoms with Gasteiger partial charge in [0.1, 0.15) is 0 Å². The lowest BCUT2D eigenvalue weighted by Crippen LogP contribution is -2.37. The summed E-state index contributed by atoms with van der Waals surface area (Å²) in [4.78, 5) is 54.6. The van der Waals surface area contributed by atoms with Gasteiger partial charge in [-0.2, -0.15) is 0 Å². The van der Waals surface area contributed by atoms with Gasteiger partial charge in [-0.05, 0) is 24.3 Å². The number of aromatic nitrogens is 2. The third-order valence-corrected chi connectivity index (χ3v) is 6.72. The monoisotopic (exact) mass is 534 g/mol. The second-order valence-corrected chi connectivity index (χ2v) is 8.73. The molecule has 2 amide bonds. The summed E-state index contributed by atoms with van der Waals surface area (Å²) in [6, 6.07) is 5.94. The number of nitro groups is 2. The average molecular weight is 535 g/mol. The number of ether oxygens (including phenoxy) is 2. The summed E-state index contributed by atoms with van der Waals surface area (Å²) in [6.45, 7) is -0.305. The Kier molecular flexibility index (Phi) is 7.59. The van der Waals surface area contributed by atoms with Gasteiger partial charge < -0.3 is 20.1 Å². The minimum absolute atomic E-state index is 0. The minimum atomic E-state index is -0.663. The van der Waals surface area contributed by atoms with Crippen LogP contribution < -0.4 is 20.1 Å². The van der Waals surface area contributed by atoms with E-state index in [4.69, 9.17) is 9.47 Å². The van der Waals surface area contributed by atoms with Crippen LogP contribution in [-0.4, -0.2) is 52.5 Å². The molecule has 4 aromatic rings. The fourth-order valence-electron chi connectivity index (χ4n) is 3.16. The molecule has 4 rings (SSSR count). The number of rotatable bonds is 8. The van der Waals surface area contributed by atoms with Crippen LogP contribution in [0.15, 0.2) is 24.3 Å². The molecule has 0 radical (unpaired) electrons. The number of hydrogen-bond acceptors (Lipinski definition) is 12. The van der Waals surface area contributed by atoms with Gasteiger partial charge in [-0.3, -0.25) is 29.8 Å². The SMILES string of the molecule is C.COc1ccc2sc(C(=O)NCNC(=O)c3nc4c([N+](=O)[O-])c(OC)ccc4s3)nc2c1[N+](=O)[O-]. The highest BCUT2D eigenvalue weighted by Gasteiger charge is 2.26. The van der Waals surface area contributed by atoms with Gasteiger partial charge in [0.2, 0.25) is 0 Å². The van der Waals surface area contributed by atoms with Crippen molar-refractivity contribution < 1.29 is 28.9 Å². The molecule has 188 valence electrons. The first-order valence-electron chi connectivity index (χ1n) is 9.55. The Morgan fingerprint density at radius 1 is 0.833 bits per heavy atom. The summed E-state index contributed by atoms with van der Waals surface area (Å²) >= 11 is 1.88. The van der Waals surface area contributed by atoms with Crippen LogP contribution in [0.3, 0.4) is 0 Å². The molecule has 16 heteroatoms. The first kappa shape index (κ1) is 26.2. The lowest BCUT2D eigenvalue weighted by atomic mass is 10.2. The molecule has 0 saturated carbocycles. The van der Waals surface area contributed by atoms with E-state index in [1.54, 1.807) is 12.1 Å². The predicted octanol–water partition coefficient (Wildman–Crippen LogP) is 3.49. The molecule has 0 spiro atoms. The van der Waals surface area contributed by atoms with Gasteiger partial charge >= 0.3 is 11.4 Å². The van der Waals surface area contributed by atoms with Gasteiger partial charge in [-0.25, -0.2) is 9.97 Å². The zero-order valence-electron chi connectivity index (χ0n) is 17.9. The molecule has 36 heavy (non-hydrogen) atoms. The maximum absolute atomic E-state index is 12.5. The molecule has 0 aliphatic carbocycles. The maximum Gasteiger partial charge on any atom is 0.337 e. The molecule has 0 atom stereocenters. The van der Waals surface area contributed by atoms with Crippen molar-refractivity contribution in [2.24, 2.45) is 0 Å². The number of benzene rings is 2. The van der Waals surface area contributed by atoms with Gasteiger partial charge in [0.05, 0.1) is 40.1 Å². The van der Waals surface area contributed by atoms with Crippen LogP contribution in [0.1, 0.15) is 27.0 Å². The fraction of sp³-hybridized carbons (Fsp3) is 0.200. The molecule has 0 aliphatic heterocycles. The second kappa shape index (κ2) is 10.4. The quantitative estimate of drug-likeness (QED) is 0.192. The van der Waals surface area contributed by atoms with E-state index >= 15 is 0 Å². The van der Waals surface area contributed by atoms with E-state index in [0.717, 1.165) is 22.7 Å². The smallest absolute Gasteiger partial charge is 0.337 e. The van der Waals surface area contributed by atoms with Gasteiger partial charge in [0.25, 0.3) is 11.8 Å². The van der Waals surface area contributed by atoms with E-state index in [2.05, 4.69) is 20.6 Å². The van der Waals surface area contributed by atoms with Crippen LogP contribution in [0.25, 0.3) is 20.4 Å². The van der Waals surface area contributed by atoms with Crippen molar-refractivity contribution >= 4 is 66.3 Å². The van der Waals surface area contributed by atoms with Crippen molar-refractivity contribution in [1.82, 2.24) is 20.6 Å². The zero-order valence-corrected chi connectivity index (χ0v) is 19.5. The Morgan fingerprint density at radius 3 is 1.56 bits per heavy atom. The Hall–Kier alpha value is -4.44. The molecule has 2 aromatic heterocycles. The molecule has 2 N–H and O–H groups in total. The molecular formula is C20H18N6O8S2. The first-order valence-corrected chi connectivity index (χ1v) is 11.2. The fourth-order valence-corrected chi connectivity index (χ4v) is 4.93. The summed E-state index contributed by atoms with van der Waals surface area (Å²) in [7, 11) is 2.58. The lowest BCUT2D eigenvalue weighted by molar-refractivity contribution is -0.384. The van der Waals surface area contributed by atoms with Crippen LogP contribution >= 0.6 is 22.7 Å². The third-order valence-electron chi connectivity index (χ3n) is 4.69. The number of carbonyl (C=O) groups excluding carboxylic acids is 2. The maximum atomic E-state index is 12.5. The molecule has 0 fully saturated rings. The lowest BCUT2D eigenvalue weighted by Gasteiger charge is -2.04. The van der Waals surface area contributed by atoms with Gasteiger partial charge in [0.15, 0.2) is 32.5 Å². The molecule has 2 aromatic carbocycles. The number of amides is 2. The number of carbonyl (C=O) groups is 2. The Bertz CT molecular complexity index is 1400. The summed E-state index contributed by atoms with van der Waals surface area (Å²) in [5, 5.41) is 27.6. The van der Waals surface area contributed by atoms with E-state index in [-0.39, 0.29) is 58.0 Å². The summed E-state index contributed by atoms with van der Waals surface area (Å²) in [5.41, 5.74) is -0.676. The van der Waals surface area contributed by atoms with Crippen LogP contribution in [0.2, 0.25) is 0 Å². The number of nitro benzene ring substituents is 2. The van der Waals surface area contributed by atoms with Crippen molar-refractivity contribution in [1.29, 1.82) is 0 Å². The summed E-state index contributed by atoms with van der Waals surface area (Å²) in [5.74, 6) is -1.30. The van der Waals surface area contributed by atoms with Crippen molar-refractivity contribution in [2.45, 2.75) is 7.43 Å². The first-order chi connectivity index (χ1) is 16.7. The van der Waals surface area contributed by atoms with E-state index in [1.807, 2.05) is 0 Å². The molecular weight excluding hydrogens is 516 g/mol. The number of hydrogen-bond donors (Lipinski definition) is 2. The van der Waals surface area contributed by atoms with Gasteiger partial charge in [-0.1, -0.05) is 7.43 Å². The number of nitrogens with zero attached hydrogens (tertiary/aromatic N) is 4. The number of nitrogens with one attached hydrogen (secondary N) is 2. The molecule has 0 aliphatic rings. The third kappa shape index (κ3) is 4.71. The molecule has 14 nitrogen and oxygen atoms in total. The largest absolute Gasteiger partial charge is 0.490 e. The molecule has 0 bridgehead atoms. The Balaban J connectivity index is 0.00000361. The minimum Gasteiger partial charge on any atom is -0.490 e. The molecule has 0 unspecified atom stereocenters. The van der Waals surface area contributed by atoms with Crippen molar-refractivity contribution in [3.63, 3.8) is 0 Å². The normalized spacial score (nSPS) is 10.5. The molecule has 2 heterocycles. The van der Waals surface area contributed by atoms with E-state index < -0.39 is 21.7 Å². The number of fused-ring (bicyclic) bond motifs is 2. The second-order valence-electron chi connectivity index (χ2n) is 6.67. The standard InChI is InChI=1S/C19H14N6O8S2.CH4/c1-32-8-3-5-10-12(14(8)24(28)29)22-18(34-10)16(26)20-7-21-17(27)19-23-13-11(35-19)6-4-9(33-2)15(13)25(30)31;/h3-6H,7H2,1-2H3,(H,20,26)(H,21,27);1H4. The average Bonchev–Trinajstić information content (AvgIpc) is 3.46. The van der Waals surface area contributed by atoms with Crippen molar-refractivity contribution in [3.05, 3.63) is 54.5 Å². The van der Waals surface area contributed by atoms with Crippen LogP contribution in [-0.2, 0) is 0 Å². The van der Waals surface area contributed by atoms with Crippen LogP contribution in [0.5, 0.6) is 11.5 Å². The van der Waals surface area contributed by atoms with E-state index in [1.165, 1.54) is 26.4 Å².